The van der Waals surface area contributed by atoms with Crippen molar-refractivity contribution < 1.29 is 8.42 Å². The normalized spacial score (nSPS) is 19.8. The third kappa shape index (κ3) is 3.92. The van der Waals surface area contributed by atoms with Crippen LogP contribution >= 0.6 is 27.5 Å². The second-order valence-electron chi connectivity index (χ2n) is 4.60. The number of hydrogen-bond acceptors (Lipinski definition) is 3. The smallest absolute Gasteiger partial charge is 0.242 e. The summed E-state index contributed by atoms with van der Waals surface area (Å²) in [5.41, 5.74) is 0. The summed E-state index contributed by atoms with van der Waals surface area (Å²) in [4.78, 5) is 0.119. The molecule has 1 aliphatic heterocycles. The highest BCUT2D eigenvalue weighted by atomic mass is 79.9. The van der Waals surface area contributed by atoms with Gasteiger partial charge in [0.25, 0.3) is 0 Å². The lowest BCUT2D eigenvalue weighted by Crippen LogP contribution is -2.27. The Kier molecular flexibility index (Phi) is 5.25. The zero-order valence-electron chi connectivity index (χ0n) is 10.3. The minimum Gasteiger partial charge on any atom is -0.316 e. The van der Waals surface area contributed by atoms with E-state index in [4.69, 9.17) is 11.6 Å². The lowest BCUT2D eigenvalue weighted by atomic mass is 10.1. The van der Waals surface area contributed by atoms with Crippen LogP contribution in [0.4, 0.5) is 0 Å². The van der Waals surface area contributed by atoms with Crippen molar-refractivity contribution >= 4 is 37.6 Å². The van der Waals surface area contributed by atoms with Gasteiger partial charge in [-0.05, 0) is 59.9 Å². The van der Waals surface area contributed by atoms with E-state index < -0.39 is 10.0 Å². The third-order valence-corrected chi connectivity index (χ3v) is 6.12. The predicted octanol–water partition coefficient (Wildman–Crippen LogP) is 2.38. The van der Waals surface area contributed by atoms with E-state index in [9.17, 15) is 8.42 Å². The summed E-state index contributed by atoms with van der Waals surface area (Å²) in [5.74, 6) is 0.556. The van der Waals surface area contributed by atoms with Crippen LogP contribution in [0.2, 0.25) is 5.02 Å². The predicted molar refractivity (Wildman–Crippen MR) is 79.9 cm³/mol. The van der Waals surface area contributed by atoms with Crippen molar-refractivity contribution in [2.45, 2.75) is 17.7 Å². The molecule has 1 fully saturated rings. The van der Waals surface area contributed by atoms with Crippen LogP contribution < -0.4 is 10.0 Å². The summed E-state index contributed by atoms with van der Waals surface area (Å²) in [5, 5.41) is 3.48. The van der Waals surface area contributed by atoms with E-state index in [1.165, 1.54) is 6.07 Å². The second kappa shape index (κ2) is 6.54. The van der Waals surface area contributed by atoms with Gasteiger partial charge in [0, 0.05) is 11.0 Å². The molecule has 0 saturated carbocycles. The number of hydrogen-bond donors (Lipinski definition) is 2. The standard InChI is InChI=1S/C12H16BrClN2O2S/c13-10-2-1-3-11(12(10)14)19(17,18)16-7-5-9-4-6-15-8-9/h1-3,9,15-16H,4-8H2. The largest absolute Gasteiger partial charge is 0.316 e. The maximum absolute atomic E-state index is 12.1. The molecule has 19 heavy (non-hydrogen) atoms. The van der Waals surface area contributed by atoms with Gasteiger partial charge in [0.15, 0.2) is 0 Å². The van der Waals surface area contributed by atoms with Gasteiger partial charge in [-0.2, -0.15) is 0 Å². The number of halogens is 2. The molecule has 2 rings (SSSR count). The van der Waals surface area contributed by atoms with Gasteiger partial charge in [-0.15, -0.1) is 0 Å². The van der Waals surface area contributed by atoms with Crippen LogP contribution in [0.15, 0.2) is 27.6 Å². The van der Waals surface area contributed by atoms with Crippen LogP contribution in [0.3, 0.4) is 0 Å². The van der Waals surface area contributed by atoms with Crippen LogP contribution in [-0.2, 0) is 10.0 Å². The van der Waals surface area contributed by atoms with Crippen molar-refractivity contribution in [3.63, 3.8) is 0 Å². The highest BCUT2D eigenvalue weighted by molar-refractivity contribution is 9.10. The number of benzene rings is 1. The zero-order chi connectivity index (χ0) is 13.9. The monoisotopic (exact) mass is 366 g/mol. The summed E-state index contributed by atoms with van der Waals surface area (Å²) in [6.07, 6.45) is 1.96. The maximum atomic E-state index is 12.1. The summed E-state index contributed by atoms with van der Waals surface area (Å²) in [6.45, 7) is 2.44. The molecule has 0 aliphatic carbocycles. The lowest BCUT2D eigenvalue weighted by molar-refractivity contribution is 0.519. The van der Waals surface area contributed by atoms with E-state index >= 15 is 0 Å². The SMILES string of the molecule is O=S(=O)(NCCC1CCNC1)c1cccc(Br)c1Cl. The molecule has 1 unspecified atom stereocenters. The minimum atomic E-state index is -3.54. The second-order valence-corrected chi connectivity index (χ2v) is 7.56. The molecule has 0 bridgehead atoms. The van der Waals surface area contributed by atoms with Crippen LogP contribution in [0.25, 0.3) is 0 Å². The van der Waals surface area contributed by atoms with Gasteiger partial charge >= 0.3 is 0 Å². The number of sulfonamides is 1. The molecule has 1 heterocycles. The first-order chi connectivity index (χ1) is 9.00. The molecule has 4 nitrogen and oxygen atoms in total. The van der Waals surface area contributed by atoms with Gasteiger partial charge in [-0.3, -0.25) is 0 Å². The summed E-state index contributed by atoms with van der Waals surface area (Å²) >= 11 is 9.24. The third-order valence-electron chi connectivity index (χ3n) is 3.21. The molecule has 1 aromatic rings. The van der Waals surface area contributed by atoms with Crippen molar-refractivity contribution in [2.24, 2.45) is 5.92 Å². The minimum absolute atomic E-state index is 0.119. The fraction of sp³-hybridized carbons (Fsp3) is 0.500. The first-order valence-electron chi connectivity index (χ1n) is 6.15. The Labute approximate surface area is 127 Å². The highest BCUT2D eigenvalue weighted by Gasteiger charge is 2.20. The average Bonchev–Trinajstić information content (AvgIpc) is 2.85. The van der Waals surface area contributed by atoms with E-state index in [0.717, 1.165) is 25.9 Å². The molecule has 0 radical (unpaired) electrons. The van der Waals surface area contributed by atoms with Gasteiger partial charge in [-0.25, -0.2) is 13.1 Å². The van der Waals surface area contributed by atoms with Gasteiger partial charge < -0.3 is 5.32 Å². The van der Waals surface area contributed by atoms with Crippen LogP contribution in [0.5, 0.6) is 0 Å². The van der Waals surface area contributed by atoms with E-state index in [-0.39, 0.29) is 9.92 Å². The maximum Gasteiger partial charge on any atom is 0.242 e. The Morgan fingerprint density at radius 3 is 2.95 bits per heavy atom. The molecule has 0 amide bonds. The Balaban J connectivity index is 1.99. The van der Waals surface area contributed by atoms with Crippen molar-refractivity contribution in [1.82, 2.24) is 10.0 Å². The van der Waals surface area contributed by atoms with Gasteiger partial charge in [0.1, 0.15) is 4.90 Å². The molecule has 2 N–H and O–H groups in total. The Morgan fingerprint density at radius 2 is 2.26 bits per heavy atom. The lowest BCUT2D eigenvalue weighted by Gasteiger charge is -2.11. The number of nitrogens with one attached hydrogen (secondary N) is 2. The molecule has 1 saturated heterocycles. The van der Waals surface area contributed by atoms with E-state index in [0.29, 0.717) is 16.9 Å². The van der Waals surface area contributed by atoms with Gasteiger partial charge in [-0.1, -0.05) is 17.7 Å². The van der Waals surface area contributed by atoms with Crippen molar-refractivity contribution in [3.8, 4) is 0 Å². The summed E-state index contributed by atoms with van der Waals surface area (Å²) in [7, 11) is -3.54. The Hall–Kier alpha value is -0.140. The fourth-order valence-electron chi connectivity index (χ4n) is 2.13. The number of rotatable bonds is 5. The highest BCUT2D eigenvalue weighted by Crippen LogP contribution is 2.29. The molecule has 1 aromatic carbocycles. The quantitative estimate of drug-likeness (QED) is 0.840. The Morgan fingerprint density at radius 1 is 1.47 bits per heavy atom. The molecule has 0 aromatic heterocycles. The van der Waals surface area contributed by atoms with E-state index in [1.807, 2.05) is 0 Å². The molecule has 1 atom stereocenters. The average molecular weight is 368 g/mol. The van der Waals surface area contributed by atoms with Gasteiger partial charge in [0.2, 0.25) is 10.0 Å². The molecule has 7 heteroatoms. The van der Waals surface area contributed by atoms with Crippen molar-refractivity contribution in [1.29, 1.82) is 0 Å². The van der Waals surface area contributed by atoms with E-state index in [2.05, 4.69) is 26.0 Å². The molecule has 1 aliphatic rings. The topological polar surface area (TPSA) is 58.2 Å². The summed E-state index contributed by atoms with van der Waals surface area (Å²) in [6, 6.07) is 4.88. The molecule has 0 spiro atoms. The van der Waals surface area contributed by atoms with Crippen molar-refractivity contribution in [3.05, 3.63) is 27.7 Å². The van der Waals surface area contributed by atoms with Crippen LogP contribution in [0, 0.1) is 5.92 Å². The van der Waals surface area contributed by atoms with Crippen LogP contribution in [-0.4, -0.2) is 28.1 Å². The van der Waals surface area contributed by atoms with Gasteiger partial charge in [0.05, 0.1) is 5.02 Å². The molecule has 106 valence electrons. The Bertz CT molecular complexity index is 545. The summed E-state index contributed by atoms with van der Waals surface area (Å²) < 4.78 is 27.5. The van der Waals surface area contributed by atoms with Crippen molar-refractivity contribution in [2.75, 3.05) is 19.6 Å². The van der Waals surface area contributed by atoms with Crippen LogP contribution in [0.1, 0.15) is 12.8 Å². The zero-order valence-corrected chi connectivity index (χ0v) is 13.5. The molecular formula is C12H16BrClN2O2S. The molecular weight excluding hydrogens is 352 g/mol. The fourth-order valence-corrected chi connectivity index (χ4v) is 4.20. The van der Waals surface area contributed by atoms with E-state index in [1.54, 1.807) is 12.1 Å². The first-order valence-corrected chi connectivity index (χ1v) is 8.80. The first kappa shape index (κ1) is 15.3.